The molecule has 7 nitrogen and oxygen atoms in total. The zero-order valence-corrected chi connectivity index (χ0v) is 16.3. The Morgan fingerprint density at radius 3 is 2.93 bits per heavy atom. The van der Waals surface area contributed by atoms with Gasteiger partial charge in [0.2, 0.25) is 5.95 Å². The van der Waals surface area contributed by atoms with Gasteiger partial charge in [0.15, 0.2) is 0 Å². The second kappa shape index (κ2) is 7.83. The predicted octanol–water partition coefficient (Wildman–Crippen LogP) is 2.86. The molecule has 0 spiro atoms. The number of nitrogens with one attached hydrogen (secondary N) is 2. The normalized spacial score (nSPS) is 20.3. The minimum absolute atomic E-state index is 0.0359. The second-order valence-corrected chi connectivity index (χ2v) is 7.82. The number of aromatic amines is 1. The third kappa shape index (κ3) is 3.70. The molecule has 2 aromatic heterocycles. The number of carbonyl (C=O) groups is 1. The van der Waals surface area contributed by atoms with Crippen molar-refractivity contribution in [3.63, 3.8) is 0 Å². The maximum absolute atomic E-state index is 12.8. The van der Waals surface area contributed by atoms with Crippen molar-refractivity contribution in [3.8, 4) is 0 Å². The third-order valence-corrected chi connectivity index (χ3v) is 5.94. The van der Waals surface area contributed by atoms with E-state index in [1.165, 1.54) is 0 Å². The molecule has 2 aliphatic rings. The average Bonchev–Trinajstić information content (AvgIpc) is 3.42. The van der Waals surface area contributed by atoms with Gasteiger partial charge in [0.1, 0.15) is 0 Å². The van der Waals surface area contributed by atoms with E-state index in [2.05, 4.69) is 20.2 Å². The highest BCUT2D eigenvalue weighted by Crippen LogP contribution is 2.27. The number of benzene rings is 1. The first kappa shape index (κ1) is 18.1. The van der Waals surface area contributed by atoms with E-state index >= 15 is 0 Å². The fourth-order valence-electron chi connectivity index (χ4n) is 4.32. The van der Waals surface area contributed by atoms with Gasteiger partial charge in [-0.3, -0.25) is 4.79 Å². The van der Waals surface area contributed by atoms with Crippen LogP contribution in [0.2, 0.25) is 0 Å². The summed E-state index contributed by atoms with van der Waals surface area (Å²) in [6.07, 6.45) is 6.55. The molecule has 150 valence electrons. The summed E-state index contributed by atoms with van der Waals surface area (Å²) in [6.45, 7) is 3.17. The first-order valence-corrected chi connectivity index (χ1v) is 10.3. The van der Waals surface area contributed by atoms with Crippen LogP contribution in [-0.2, 0) is 4.74 Å². The zero-order chi connectivity index (χ0) is 19.6. The number of H-pyrrole nitrogens is 1. The van der Waals surface area contributed by atoms with Gasteiger partial charge in [0.05, 0.1) is 5.56 Å². The molecule has 0 radical (unpaired) electrons. The van der Waals surface area contributed by atoms with Gasteiger partial charge in [-0.15, -0.1) is 0 Å². The quantitative estimate of drug-likeness (QED) is 0.715. The first-order chi connectivity index (χ1) is 14.3. The topological polar surface area (TPSA) is 83.1 Å². The van der Waals surface area contributed by atoms with Crippen molar-refractivity contribution in [3.05, 3.63) is 54.0 Å². The largest absolute Gasteiger partial charge is 0.381 e. The summed E-state index contributed by atoms with van der Waals surface area (Å²) in [5.41, 5.74) is 2.77. The summed E-state index contributed by atoms with van der Waals surface area (Å²) in [7, 11) is 0. The van der Waals surface area contributed by atoms with Gasteiger partial charge in [-0.05, 0) is 31.4 Å². The van der Waals surface area contributed by atoms with Gasteiger partial charge >= 0.3 is 0 Å². The molecule has 3 aromatic rings. The molecular formula is C22H25N5O2. The lowest BCUT2D eigenvalue weighted by Gasteiger charge is -2.23. The van der Waals surface area contributed by atoms with E-state index in [-0.39, 0.29) is 11.9 Å². The molecule has 2 N–H and O–H groups in total. The molecule has 1 unspecified atom stereocenters. The summed E-state index contributed by atoms with van der Waals surface area (Å²) in [5, 5.41) is 4.13. The first-order valence-electron chi connectivity index (χ1n) is 10.3. The van der Waals surface area contributed by atoms with Crippen LogP contribution in [0, 0.1) is 0 Å². The lowest BCUT2D eigenvalue weighted by molar-refractivity contribution is 0.0845. The van der Waals surface area contributed by atoms with E-state index in [0.29, 0.717) is 11.5 Å². The molecule has 0 saturated carbocycles. The highest BCUT2D eigenvalue weighted by atomic mass is 16.5. The summed E-state index contributed by atoms with van der Waals surface area (Å²) in [6, 6.07) is 9.97. The van der Waals surface area contributed by atoms with Gasteiger partial charge in [-0.25, -0.2) is 9.97 Å². The lowest BCUT2D eigenvalue weighted by Crippen LogP contribution is -2.37. The van der Waals surface area contributed by atoms with Crippen LogP contribution in [0.15, 0.2) is 42.7 Å². The number of carbonyl (C=O) groups excluding carboxylic acids is 1. The lowest BCUT2D eigenvalue weighted by atomic mass is 9.96. The molecule has 1 amide bonds. The highest BCUT2D eigenvalue weighted by Gasteiger charge is 2.27. The van der Waals surface area contributed by atoms with E-state index in [4.69, 9.17) is 9.72 Å². The molecule has 2 fully saturated rings. The number of hydrogen-bond donors (Lipinski definition) is 2. The van der Waals surface area contributed by atoms with E-state index < -0.39 is 0 Å². The second-order valence-electron chi connectivity index (χ2n) is 7.82. The van der Waals surface area contributed by atoms with Gasteiger partial charge in [-0.1, -0.05) is 18.2 Å². The van der Waals surface area contributed by atoms with Crippen molar-refractivity contribution in [2.75, 3.05) is 31.2 Å². The Balaban J connectivity index is 1.25. The predicted molar refractivity (Wildman–Crippen MR) is 111 cm³/mol. The molecule has 0 aliphatic carbocycles. The zero-order valence-electron chi connectivity index (χ0n) is 16.3. The number of fused-ring (bicyclic) bond motifs is 1. The molecule has 5 rings (SSSR count). The van der Waals surface area contributed by atoms with Crippen LogP contribution in [0.4, 0.5) is 5.95 Å². The number of amides is 1. The fraction of sp³-hybridized carbons (Fsp3) is 0.409. The van der Waals surface area contributed by atoms with Gasteiger partial charge < -0.3 is 19.9 Å². The number of hydrogen-bond acceptors (Lipinski definition) is 5. The van der Waals surface area contributed by atoms with E-state index in [9.17, 15) is 4.79 Å². The molecular weight excluding hydrogens is 366 g/mol. The minimum atomic E-state index is -0.0359. The average molecular weight is 391 g/mol. The summed E-state index contributed by atoms with van der Waals surface area (Å²) in [4.78, 5) is 27.4. The van der Waals surface area contributed by atoms with E-state index in [0.717, 1.165) is 68.1 Å². The Kier molecular flexibility index (Phi) is 4.89. The molecule has 7 heteroatoms. The monoisotopic (exact) mass is 391 g/mol. The summed E-state index contributed by atoms with van der Waals surface area (Å²) in [5.74, 6) is 1.18. The number of nitrogens with zero attached hydrogens (tertiary/aromatic N) is 3. The molecule has 2 saturated heterocycles. The Hall–Kier alpha value is -2.93. The number of aromatic nitrogens is 3. The standard InChI is InChI=1S/C22H25N5O2/c28-21(18-13-24-20-4-2-1-3-17(18)20)25-16-6-10-27(14-16)22-23-9-5-19(26-22)15-7-11-29-12-8-15/h1-5,9,13,15-16,24H,6-8,10-12,14H2,(H,25,28). The fourth-order valence-corrected chi connectivity index (χ4v) is 4.32. The molecule has 0 bridgehead atoms. The van der Waals surface area contributed by atoms with Gasteiger partial charge in [-0.2, -0.15) is 0 Å². The Morgan fingerprint density at radius 2 is 2.03 bits per heavy atom. The number of rotatable bonds is 4. The van der Waals surface area contributed by atoms with Crippen LogP contribution in [0.3, 0.4) is 0 Å². The highest BCUT2D eigenvalue weighted by molar-refractivity contribution is 6.06. The molecule has 2 aliphatic heterocycles. The van der Waals surface area contributed by atoms with Crippen molar-refractivity contribution in [1.29, 1.82) is 0 Å². The van der Waals surface area contributed by atoms with E-state index in [1.807, 2.05) is 36.5 Å². The Labute approximate surface area is 169 Å². The maximum atomic E-state index is 12.8. The van der Waals surface area contributed by atoms with Gasteiger partial charge in [0.25, 0.3) is 5.91 Å². The van der Waals surface area contributed by atoms with Crippen LogP contribution in [-0.4, -0.2) is 53.2 Å². The molecule has 1 aromatic carbocycles. The van der Waals surface area contributed by atoms with Crippen molar-refractivity contribution >= 4 is 22.8 Å². The molecule has 4 heterocycles. The van der Waals surface area contributed by atoms with Crippen LogP contribution < -0.4 is 10.2 Å². The SMILES string of the molecule is O=C(NC1CCN(c2nccc(C3CCOCC3)n2)C1)c1c[nH]c2ccccc12. The Bertz CT molecular complexity index is 1010. The van der Waals surface area contributed by atoms with Crippen LogP contribution >= 0.6 is 0 Å². The minimum Gasteiger partial charge on any atom is -0.381 e. The van der Waals surface area contributed by atoms with Crippen LogP contribution in [0.1, 0.15) is 41.2 Å². The third-order valence-electron chi connectivity index (χ3n) is 5.94. The molecule has 1 atom stereocenters. The Morgan fingerprint density at radius 1 is 1.17 bits per heavy atom. The van der Waals surface area contributed by atoms with Crippen molar-refractivity contribution < 1.29 is 9.53 Å². The van der Waals surface area contributed by atoms with Crippen molar-refractivity contribution in [1.82, 2.24) is 20.3 Å². The van der Waals surface area contributed by atoms with Crippen molar-refractivity contribution in [2.45, 2.75) is 31.2 Å². The summed E-state index contributed by atoms with van der Waals surface area (Å²) >= 11 is 0. The number of para-hydroxylation sites is 1. The summed E-state index contributed by atoms with van der Waals surface area (Å²) < 4.78 is 5.46. The molecule has 29 heavy (non-hydrogen) atoms. The van der Waals surface area contributed by atoms with Crippen molar-refractivity contribution in [2.24, 2.45) is 0 Å². The van der Waals surface area contributed by atoms with E-state index in [1.54, 1.807) is 6.20 Å². The van der Waals surface area contributed by atoms with Crippen LogP contribution in [0.25, 0.3) is 10.9 Å². The number of anilines is 1. The smallest absolute Gasteiger partial charge is 0.253 e. The maximum Gasteiger partial charge on any atom is 0.253 e. The van der Waals surface area contributed by atoms with Crippen LogP contribution in [0.5, 0.6) is 0 Å². The van der Waals surface area contributed by atoms with Gasteiger partial charge in [0, 0.05) is 67.3 Å². The number of ether oxygens (including phenoxy) is 1.